The van der Waals surface area contributed by atoms with Crippen molar-refractivity contribution in [1.29, 1.82) is 0 Å². The standard InChI is InChI=1S/C20H19N5O2S/c26-19(21-16-4-2-1-3-5-16)18-23-22-17-8-14-9-24(10-15(14)11-25(17)18)20(27)13-6-7-28-12-13/h1-7,12,14-15H,8-11H2,(H,21,26)/t14-,15+/m1/s1. The molecule has 2 amide bonds. The van der Waals surface area contributed by atoms with E-state index < -0.39 is 0 Å². The first kappa shape index (κ1) is 17.1. The third-order valence-electron chi connectivity index (χ3n) is 5.56. The van der Waals surface area contributed by atoms with Gasteiger partial charge in [-0.3, -0.25) is 9.59 Å². The molecule has 142 valence electrons. The lowest BCUT2D eigenvalue weighted by atomic mass is 9.89. The number of aromatic nitrogens is 3. The predicted octanol–water partition coefficient (Wildman–Crippen LogP) is 2.54. The van der Waals surface area contributed by atoms with Crippen LogP contribution in [0.2, 0.25) is 0 Å². The summed E-state index contributed by atoms with van der Waals surface area (Å²) in [6.45, 7) is 2.10. The molecule has 2 aromatic heterocycles. The molecule has 28 heavy (non-hydrogen) atoms. The third kappa shape index (κ3) is 2.99. The van der Waals surface area contributed by atoms with E-state index in [1.165, 1.54) is 11.3 Å². The van der Waals surface area contributed by atoms with Crippen molar-refractivity contribution in [2.24, 2.45) is 11.8 Å². The Bertz CT molecular complexity index is 1010. The van der Waals surface area contributed by atoms with Gasteiger partial charge in [0.2, 0.25) is 5.82 Å². The zero-order valence-electron chi connectivity index (χ0n) is 15.1. The fourth-order valence-corrected chi connectivity index (χ4v) is 4.76. The number of carbonyl (C=O) groups excluding carboxylic acids is 2. The second kappa shape index (κ2) is 6.87. The highest BCUT2D eigenvalue weighted by molar-refractivity contribution is 7.08. The topological polar surface area (TPSA) is 80.1 Å². The van der Waals surface area contributed by atoms with Crippen molar-refractivity contribution in [3.05, 3.63) is 64.4 Å². The van der Waals surface area contributed by atoms with Crippen LogP contribution in [0.3, 0.4) is 0 Å². The summed E-state index contributed by atoms with van der Waals surface area (Å²) in [6.07, 6.45) is 0.740. The third-order valence-corrected chi connectivity index (χ3v) is 6.24. The van der Waals surface area contributed by atoms with Gasteiger partial charge in [-0.1, -0.05) is 18.2 Å². The van der Waals surface area contributed by atoms with E-state index in [0.717, 1.165) is 30.0 Å². The number of fused-ring (bicyclic) bond motifs is 2. The largest absolute Gasteiger partial charge is 0.338 e. The number of anilines is 1. The van der Waals surface area contributed by atoms with Crippen molar-refractivity contribution >= 4 is 28.8 Å². The van der Waals surface area contributed by atoms with Crippen molar-refractivity contribution in [3.63, 3.8) is 0 Å². The maximum atomic E-state index is 12.7. The van der Waals surface area contributed by atoms with Crippen LogP contribution in [0.15, 0.2) is 47.2 Å². The molecule has 0 bridgehead atoms. The Morgan fingerprint density at radius 2 is 1.86 bits per heavy atom. The minimum absolute atomic E-state index is 0.0912. The van der Waals surface area contributed by atoms with Crippen LogP contribution < -0.4 is 5.32 Å². The van der Waals surface area contributed by atoms with Crippen molar-refractivity contribution in [2.45, 2.75) is 13.0 Å². The Morgan fingerprint density at radius 3 is 2.64 bits per heavy atom. The maximum Gasteiger partial charge on any atom is 0.293 e. The molecule has 7 nitrogen and oxygen atoms in total. The summed E-state index contributed by atoms with van der Waals surface area (Å²) >= 11 is 1.53. The number of likely N-dealkylation sites (tertiary alicyclic amines) is 1. The van der Waals surface area contributed by atoms with Crippen LogP contribution >= 0.6 is 11.3 Å². The Hall–Kier alpha value is -3.00. The average Bonchev–Trinajstić information content (AvgIpc) is 3.45. The normalized spacial score (nSPS) is 20.5. The zero-order valence-corrected chi connectivity index (χ0v) is 15.9. The van der Waals surface area contributed by atoms with Gasteiger partial charge in [-0.25, -0.2) is 0 Å². The number of rotatable bonds is 3. The Morgan fingerprint density at radius 1 is 1.04 bits per heavy atom. The summed E-state index contributed by atoms with van der Waals surface area (Å²) < 4.78 is 1.91. The van der Waals surface area contributed by atoms with Gasteiger partial charge in [-0.05, 0) is 35.4 Å². The second-order valence-corrected chi connectivity index (χ2v) is 8.10. The van der Waals surface area contributed by atoms with E-state index in [4.69, 9.17) is 0 Å². The SMILES string of the molecule is O=C(Nc1ccccc1)c1nnc2n1C[C@@H]1CN(C(=O)c3ccsc3)C[C@H]1C2. The Balaban J connectivity index is 1.32. The van der Waals surface area contributed by atoms with Crippen LogP contribution in [0.25, 0.3) is 0 Å². The molecule has 3 aromatic rings. The van der Waals surface area contributed by atoms with E-state index in [0.29, 0.717) is 30.7 Å². The molecule has 8 heteroatoms. The number of nitrogens with one attached hydrogen (secondary N) is 1. The molecule has 0 aliphatic carbocycles. The highest BCUT2D eigenvalue weighted by atomic mass is 32.1. The quantitative estimate of drug-likeness (QED) is 0.742. The zero-order chi connectivity index (χ0) is 19.1. The Kier molecular flexibility index (Phi) is 4.20. The van der Waals surface area contributed by atoms with E-state index >= 15 is 0 Å². The minimum atomic E-state index is -0.257. The molecule has 1 fully saturated rings. The highest BCUT2D eigenvalue weighted by Crippen LogP contribution is 2.33. The van der Waals surface area contributed by atoms with Crippen LogP contribution in [0.5, 0.6) is 0 Å². The molecule has 5 rings (SSSR count). The summed E-state index contributed by atoms with van der Waals surface area (Å²) in [5, 5.41) is 15.1. The fraction of sp³-hybridized carbons (Fsp3) is 0.300. The van der Waals surface area contributed by atoms with Crippen molar-refractivity contribution in [2.75, 3.05) is 18.4 Å². The monoisotopic (exact) mass is 393 g/mol. The van der Waals surface area contributed by atoms with Crippen molar-refractivity contribution in [3.8, 4) is 0 Å². The lowest BCUT2D eigenvalue weighted by molar-refractivity contribution is 0.0783. The van der Waals surface area contributed by atoms with Crippen LogP contribution in [0.4, 0.5) is 5.69 Å². The van der Waals surface area contributed by atoms with Crippen LogP contribution in [0, 0.1) is 11.8 Å². The van der Waals surface area contributed by atoms with E-state index in [9.17, 15) is 9.59 Å². The number of para-hydroxylation sites is 1. The first-order valence-corrected chi connectivity index (χ1v) is 10.2. The van der Waals surface area contributed by atoms with E-state index in [1.807, 2.05) is 56.6 Å². The maximum absolute atomic E-state index is 12.7. The molecular weight excluding hydrogens is 374 g/mol. The number of thiophene rings is 1. The molecule has 0 unspecified atom stereocenters. The molecule has 2 aliphatic rings. The van der Waals surface area contributed by atoms with E-state index in [-0.39, 0.29) is 11.8 Å². The highest BCUT2D eigenvalue weighted by Gasteiger charge is 2.40. The number of amides is 2. The second-order valence-electron chi connectivity index (χ2n) is 7.32. The van der Waals surface area contributed by atoms with E-state index in [1.54, 1.807) is 0 Å². The van der Waals surface area contributed by atoms with Gasteiger partial charge in [0.15, 0.2) is 0 Å². The Labute approximate surface area is 166 Å². The number of carbonyl (C=O) groups is 2. The van der Waals surface area contributed by atoms with Crippen molar-refractivity contribution in [1.82, 2.24) is 19.7 Å². The van der Waals surface area contributed by atoms with Crippen LogP contribution in [-0.4, -0.2) is 44.6 Å². The van der Waals surface area contributed by atoms with Gasteiger partial charge in [-0.15, -0.1) is 10.2 Å². The number of hydrogen-bond donors (Lipinski definition) is 1. The molecule has 0 radical (unpaired) electrons. The van der Waals surface area contributed by atoms with Crippen LogP contribution in [0.1, 0.15) is 26.8 Å². The smallest absolute Gasteiger partial charge is 0.293 e. The van der Waals surface area contributed by atoms with Gasteiger partial charge in [0.1, 0.15) is 5.82 Å². The minimum Gasteiger partial charge on any atom is -0.338 e. The molecule has 0 spiro atoms. The molecule has 1 aromatic carbocycles. The summed E-state index contributed by atoms with van der Waals surface area (Å²) in [6, 6.07) is 11.2. The number of nitrogens with zero attached hydrogens (tertiary/aromatic N) is 4. The lowest BCUT2D eigenvalue weighted by Crippen LogP contribution is -2.31. The molecular formula is C20H19N5O2S. The molecule has 0 saturated carbocycles. The van der Waals surface area contributed by atoms with Gasteiger partial charge in [-0.2, -0.15) is 11.3 Å². The summed E-state index contributed by atoms with van der Waals surface area (Å²) in [4.78, 5) is 27.3. The fourth-order valence-electron chi connectivity index (χ4n) is 4.14. The van der Waals surface area contributed by atoms with Gasteiger partial charge in [0.05, 0.1) is 5.56 Å². The first-order valence-electron chi connectivity index (χ1n) is 9.29. The molecule has 4 heterocycles. The molecule has 1 N–H and O–H groups in total. The predicted molar refractivity (Wildman–Crippen MR) is 105 cm³/mol. The molecule has 2 atom stereocenters. The van der Waals surface area contributed by atoms with Crippen molar-refractivity contribution < 1.29 is 9.59 Å². The summed E-state index contributed by atoms with van der Waals surface area (Å²) in [5.74, 6) is 1.67. The summed E-state index contributed by atoms with van der Waals surface area (Å²) in [7, 11) is 0. The van der Waals surface area contributed by atoms with E-state index in [2.05, 4.69) is 15.5 Å². The van der Waals surface area contributed by atoms with Gasteiger partial charge < -0.3 is 14.8 Å². The summed E-state index contributed by atoms with van der Waals surface area (Å²) in [5.41, 5.74) is 1.48. The van der Waals surface area contributed by atoms with Gasteiger partial charge >= 0.3 is 0 Å². The number of benzene rings is 1. The van der Waals surface area contributed by atoms with Crippen LogP contribution in [-0.2, 0) is 13.0 Å². The molecule has 2 aliphatic heterocycles. The number of hydrogen-bond acceptors (Lipinski definition) is 5. The average molecular weight is 393 g/mol. The van der Waals surface area contributed by atoms with Gasteiger partial charge in [0, 0.05) is 37.1 Å². The lowest BCUT2D eigenvalue weighted by Gasteiger charge is -2.25. The van der Waals surface area contributed by atoms with Gasteiger partial charge in [0.25, 0.3) is 11.8 Å². The molecule has 1 saturated heterocycles. The first-order chi connectivity index (χ1) is 13.7.